The molecule has 1 aliphatic carbocycles. The third-order valence-electron chi connectivity index (χ3n) is 4.85. The van der Waals surface area contributed by atoms with E-state index in [2.05, 4.69) is 30.9 Å². The van der Waals surface area contributed by atoms with Gasteiger partial charge in [0, 0.05) is 11.7 Å². The molecule has 0 radical (unpaired) electrons. The SMILES string of the molecule is CCN(CCC(C)c1ccc(N)cc1)C1CCCCC1. The van der Waals surface area contributed by atoms with Crippen LogP contribution in [0.1, 0.15) is 63.9 Å². The minimum atomic E-state index is 0.619. The van der Waals surface area contributed by atoms with E-state index in [1.807, 2.05) is 12.1 Å². The molecule has 2 heteroatoms. The van der Waals surface area contributed by atoms with Crippen LogP contribution in [-0.2, 0) is 0 Å². The molecule has 0 heterocycles. The van der Waals surface area contributed by atoms with Gasteiger partial charge in [0.1, 0.15) is 0 Å². The zero-order valence-corrected chi connectivity index (χ0v) is 13.1. The first-order valence-electron chi connectivity index (χ1n) is 8.30. The Morgan fingerprint density at radius 3 is 2.40 bits per heavy atom. The number of hydrogen-bond acceptors (Lipinski definition) is 2. The Morgan fingerprint density at radius 2 is 1.80 bits per heavy atom. The first-order valence-corrected chi connectivity index (χ1v) is 8.30. The minimum Gasteiger partial charge on any atom is -0.399 e. The average Bonchev–Trinajstić information content (AvgIpc) is 2.49. The molecule has 1 fully saturated rings. The van der Waals surface area contributed by atoms with Gasteiger partial charge in [0.15, 0.2) is 0 Å². The van der Waals surface area contributed by atoms with Crippen LogP contribution in [0.2, 0.25) is 0 Å². The minimum absolute atomic E-state index is 0.619. The molecule has 112 valence electrons. The van der Waals surface area contributed by atoms with Crippen molar-refractivity contribution in [2.75, 3.05) is 18.8 Å². The van der Waals surface area contributed by atoms with Crippen molar-refractivity contribution in [2.45, 2.75) is 64.3 Å². The summed E-state index contributed by atoms with van der Waals surface area (Å²) in [6.07, 6.45) is 8.35. The molecule has 1 aromatic carbocycles. The highest BCUT2D eigenvalue weighted by Gasteiger charge is 2.20. The molecule has 0 aliphatic heterocycles. The Hall–Kier alpha value is -1.02. The third-order valence-corrected chi connectivity index (χ3v) is 4.85. The average molecular weight is 274 g/mol. The number of rotatable bonds is 6. The topological polar surface area (TPSA) is 29.3 Å². The summed E-state index contributed by atoms with van der Waals surface area (Å²) in [7, 11) is 0. The van der Waals surface area contributed by atoms with Crippen molar-refractivity contribution in [1.82, 2.24) is 4.90 Å². The smallest absolute Gasteiger partial charge is 0.0314 e. The van der Waals surface area contributed by atoms with E-state index in [0.717, 1.165) is 11.7 Å². The van der Waals surface area contributed by atoms with E-state index < -0.39 is 0 Å². The van der Waals surface area contributed by atoms with E-state index >= 15 is 0 Å². The van der Waals surface area contributed by atoms with Crippen LogP contribution in [0.25, 0.3) is 0 Å². The van der Waals surface area contributed by atoms with Crippen molar-refractivity contribution in [3.63, 3.8) is 0 Å². The second kappa shape index (κ2) is 7.68. The quantitative estimate of drug-likeness (QED) is 0.778. The molecule has 1 aromatic rings. The molecular weight excluding hydrogens is 244 g/mol. The molecule has 1 unspecified atom stereocenters. The molecule has 1 saturated carbocycles. The summed E-state index contributed by atoms with van der Waals surface area (Å²) in [5.74, 6) is 0.619. The Morgan fingerprint density at radius 1 is 1.15 bits per heavy atom. The first kappa shape index (κ1) is 15.4. The number of nitrogen functional groups attached to an aromatic ring is 1. The van der Waals surface area contributed by atoms with Crippen LogP contribution < -0.4 is 5.73 Å². The van der Waals surface area contributed by atoms with Crippen LogP contribution >= 0.6 is 0 Å². The summed E-state index contributed by atoms with van der Waals surface area (Å²) >= 11 is 0. The van der Waals surface area contributed by atoms with E-state index in [4.69, 9.17) is 5.73 Å². The summed E-state index contributed by atoms with van der Waals surface area (Å²) < 4.78 is 0. The van der Waals surface area contributed by atoms with Crippen molar-refractivity contribution in [3.8, 4) is 0 Å². The van der Waals surface area contributed by atoms with Crippen LogP contribution in [0.3, 0.4) is 0 Å². The van der Waals surface area contributed by atoms with E-state index in [1.54, 1.807) is 0 Å². The molecule has 2 nitrogen and oxygen atoms in total. The summed E-state index contributed by atoms with van der Waals surface area (Å²) in [6, 6.07) is 9.23. The van der Waals surface area contributed by atoms with E-state index in [9.17, 15) is 0 Å². The second-order valence-electron chi connectivity index (χ2n) is 6.28. The fourth-order valence-corrected chi connectivity index (χ4v) is 3.40. The zero-order chi connectivity index (χ0) is 14.4. The maximum absolute atomic E-state index is 5.76. The van der Waals surface area contributed by atoms with Gasteiger partial charge in [-0.05, 0) is 56.0 Å². The predicted molar refractivity (Wildman–Crippen MR) is 88.0 cm³/mol. The van der Waals surface area contributed by atoms with Gasteiger partial charge in [-0.3, -0.25) is 0 Å². The van der Waals surface area contributed by atoms with Gasteiger partial charge in [-0.1, -0.05) is 45.2 Å². The molecule has 2 rings (SSSR count). The fourth-order valence-electron chi connectivity index (χ4n) is 3.40. The summed E-state index contributed by atoms with van der Waals surface area (Å²) in [4.78, 5) is 2.70. The maximum atomic E-state index is 5.76. The predicted octanol–water partition coefficient (Wildman–Crippen LogP) is 4.42. The highest BCUT2D eigenvalue weighted by atomic mass is 15.1. The molecule has 1 aliphatic rings. The number of hydrogen-bond donors (Lipinski definition) is 1. The van der Waals surface area contributed by atoms with Crippen molar-refractivity contribution >= 4 is 5.69 Å². The molecule has 0 aromatic heterocycles. The molecule has 20 heavy (non-hydrogen) atoms. The third kappa shape index (κ3) is 4.24. The normalized spacial score (nSPS) is 18.4. The number of anilines is 1. The highest BCUT2D eigenvalue weighted by molar-refractivity contribution is 5.40. The van der Waals surface area contributed by atoms with Gasteiger partial charge in [0.05, 0.1) is 0 Å². The molecule has 2 N–H and O–H groups in total. The lowest BCUT2D eigenvalue weighted by Gasteiger charge is -2.34. The van der Waals surface area contributed by atoms with Gasteiger partial charge in [-0.25, -0.2) is 0 Å². The lowest BCUT2D eigenvalue weighted by molar-refractivity contribution is 0.159. The zero-order valence-electron chi connectivity index (χ0n) is 13.1. The van der Waals surface area contributed by atoms with Gasteiger partial charge in [-0.2, -0.15) is 0 Å². The van der Waals surface area contributed by atoms with Gasteiger partial charge < -0.3 is 10.6 Å². The number of nitrogens with two attached hydrogens (primary N) is 1. The fraction of sp³-hybridized carbons (Fsp3) is 0.667. The van der Waals surface area contributed by atoms with Crippen LogP contribution in [-0.4, -0.2) is 24.0 Å². The van der Waals surface area contributed by atoms with Gasteiger partial charge in [-0.15, -0.1) is 0 Å². The molecule has 0 amide bonds. The van der Waals surface area contributed by atoms with Crippen LogP contribution in [0.5, 0.6) is 0 Å². The van der Waals surface area contributed by atoms with Crippen LogP contribution in [0.4, 0.5) is 5.69 Å². The Kier molecular flexibility index (Phi) is 5.90. The Bertz CT molecular complexity index is 379. The Balaban J connectivity index is 1.84. The standard InChI is InChI=1S/C18H30N2/c1-3-20(18-7-5-4-6-8-18)14-13-15(2)16-9-11-17(19)12-10-16/h9-12,15,18H,3-8,13-14,19H2,1-2H3. The molecule has 0 bridgehead atoms. The van der Waals surface area contributed by atoms with Gasteiger partial charge in [0.2, 0.25) is 0 Å². The molecular formula is C18H30N2. The lowest BCUT2D eigenvalue weighted by atomic mass is 9.93. The van der Waals surface area contributed by atoms with Crippen molar-refractivity contribution in [2.24, 2.45) is 0 Å². The van der Waals surface area contributed by atoms with Crippen molar-refractivity contribution < 1.29 is 0 Å². The largest absolute Gasteiger partial charge is 0.399 e. The summed E-state index contributed by atoms with van der Waals surface area (Å²) in [5, 5.41) is 0. The number of nitrogens with zero attached hydrogens (tertiary/aromatic N) is 1. The van der Waals surface area contributed by atoms with Crippen LogP contribution in [0, 0.1) is 0 Å². The van der Waals surface area contributed by atoms with Gasteiger partial charge in [0.25, 0.3) is 0 Å². The number of benzene rings is 1. The Labute approximate surface area is 124 Å². The molecule has 1 atom stereocenters. The van der Waals surface area contributed by atoms with E-state index in [1.165, 1.54) is 57.2 Å². The van der Waals surface area contributed by atoms with Crippen LogP contribution in [0.15, 0.2) is 24.3 Å². The molecule has 0 saturated heterocycles. The molecule has 0 spiro atoms. The highest BCUT2D eigenvalue weighted by Crippen LogP contribution is 2.25. The summed E-state index contributed by atoms with van der Waals surface area (Å²) in [6.45, 7) is 7.06. The first-order chi connectivity index (χ1) is 9.70. The van der Waals surface area contributed by atoms with Gasteiger partial charge >= 0.3 is 0 Å². The maximum Gasteiger partial charge on any atom is 0.0314 e. The monoisotopic (exact) mass is 274 g/mol. The van der Waals surface area contributed by atoms with E-state index in [-0.39, 0.29) is 0 Å². The van der Waals surface area contributed by atoms with Crippen molar-refractivity contribution in [1.29, 1.82) is 0 Å². The van der Waals surface area contributed by atoms with E-state index in [0.29, 0.717) is 5.92 Å². The van der Waals surface area contributed by atoms with Crippen molar-refractivity contribution in [3.05, 3.63) is 29.8 Å². The second-order valence-corrected chi connectivity index (χ2v) is 6.28. The summed E-state index contributed by atoms with van der Waals surface area (Å²) in [5.41, 5.74) is 8.04. The lowest BCUT2D eigenvalue weighted by Crippen LogP contribution is -2.37.